The van der Waals surface area contributed by atoms with Gasteiger partial charge >= 0.3 is 17.9 Å². The Morgan fingerprint density at radius 1 is 0.967 bits per heavy atom. The molecular formula is C43H78N2O15. The lowest BCUT2D eigenvalue weighted by Crippen LogP contribution is -2.61. The molecule has 0 aromatic carbocycles. The molecular weight excluding hydrogens is 784 g/mol. The maximum Gasteiger partial charge on any atom is 0.347 e. The zero-order valence-corrected chi connectivity index (χ0v) is 38.9. The van der Waals surface area contributed by atoms with E-state index < -0.39 is 120 Å². The molecule has 3 rings (SSSR count). The van der Waals surface area contributed by atoms with Crippen molar-refractivity contribution in [1.29, 1.82) is 0 Å². The summed E-state index contributed by atoms with van der Waals surface area (Å²) >= 11 is 0. The number of hydrogen-bond acceptors (Lipinski definition) is 17. The van der Waals surface area contributed by atoms with Crippen LogP contribution in [0.4, 0.5) is 0 Å². The topological polar surface area (TPSA) is 212 Å². The van der Waals surface area contributed by atoms with Crippen LogP contribution in [0, 0.1) is 17.8 Å². The number of esters is 3. The molecule has 3 aliphatic rings. The Hall–Kier alpha value is -2.03. The summed E-state index contributed by atoms with van der Waals surface area (Å²) in [6, 6.07) is -1.02. The van der Waals surface area contributed by atoms with Gasteiger partial charge in [-0.05, 0) is 102 Å². The van der Waals surface area contributed by atoms with Crippen molar-refractivity contribution < 1.29 is 72.7 Å². The summed E-state index contributed by atoms with van der Waals surface area (Å²) in [5.41, 5.74) is -4.61. The van der Waals surface area contributed by atoms with Gasteiger partial charge in [-0.1, -0.05) is 20.8 Å². The molecule has 0 saturated carbocycles. The first-order valence-electron chi connectivity index (χ1n) is 21.5. The molecule has 2 unspecified atom stereocenters. The van der Waals surface area contributed by atoms with Crippen LogP contribution in [0.3, 0.4) is 0 Å². The van der Waals surface area contributed by atoms with Gasteiger partial charge in [0, 0.05) is 39.0 Å². The van der Waals surface area contributed by atoms with Crippen LogP contribution >= 0.6 is 0 Å². The highest BCUT2D eigenvalue weighted by molar-refractivity contribution is 5.78. The zero-order chi connectivity index (χ0) is 45.8. The quantitative estimate of drug-likeness (QED) is 0.183. The number of rotatable bonds is 10. The molecule has 3 heterocycles. The normalized spacial score (nSPS) is 44.9. The molecule has 0 aromatic rings. The van der Waals surface area contributed by atoms with E-state index in [-0.39, 0.29) is 31.3 Å². The van der Waals surface area contributed by atoms with Gasteiger partial charge in [0.2, 0.25) is 0 Å². The van der Waals surface area contributed by atoms with Crippen molar-refractivity contribution in [1.82, 2.24) is 9.80 Å². The van der Waals surface area contributed by atoms with Gasteiger partial charge in [-0.2, -0.15) is 0 Å². The molecule has 0 bridgehead atoms. The molecule has 60 heavy (non-hydrogen) atoms. The lowest BCUT2D eigenvalue weighted by Gasteiger charge is -2.49. The van der Waals surface area contributed by atoms with Gasteiger partial charge in [-0.15, -0.1) is 0 Å². The summed E-state index contributed by atoms with van der Waals surface area (Å²) < 4.78 is 49.3. The smallest absolute Gasteiger partial charge is 0.347 e. The van der Waals surface area contributed by atoms with Crippen LogP contribution in [-0.4, -0.2) is 179 Å². The van der Waals surface area contributed by atoms with Gasteiger partial charge in [0.15, 0.2) is 24.8 Å². The number of aliphatic hydroxyl groups excluding tert-OH is 2. The second kappa shape index (κ2) is 21.1. The van der Waals surface area contributed by atoms with Crippen molar-refractivity contribution in [3.63, 3.8) is 0 Å². The van der Waals surface area contributed by atoms with E-state index in [2.05, 4.69) is 0 Å². The number of likely N-dealkylation sites (N-methyl/N-ethyl adjacent to an activating group) is 2. The van der Waals surface area contributed by atoms with Crippen LogP contribution in [0.2, 0.25) is 0 Å². The standard InChI is InChI=1S/C43H78N2O15/c1-17-31-43(12,52)35(47)26(6)45(15)21-22(2)19-41(10,51)37(60-40-34(30(44(13)14)18-23(3)54-40)59-39(50)28(8)55-29(9)46)24(4)33(25(5)38(49)57-31)58-32-20-42(11,53-16)36(48)27(7)56-32/h22-28,30-37,40,47-48,51-52H,17-21H2,1-16H3/t22-,23-,24+,25-,26-,27+,28?,30?,31-,32+,33+,34-,35-,36+,37-,40+,41-,42-,43-/m1/s1. The average Bonchev–Trinajstić information content (AvgIpc) is 3.15. The summed E-state index contributed by atoms with van der Waals surface area (Å²) in [6.07, 6.45) is -10.6. The van der Waals surface area contributed by atoms with Crippen molar-refractivity contribution in [2.75, 3.05) is 34.8 Å². The van der Waals surface area contributed by atoms with Crippen molar-refractivity contribution >= 4 is 17.9 Å². The molecule has 3 saturated heterocycles. The number of carbonyl (C=O) groups is 3. The van der Waals surface area contributed by atoms with Gasteiger partial charge in [-0.25, -0.2) is 4.79 Å². The number of carbonyl (C=O) groups excluding carboxylic acids is 3. The Balaban J connectivity index is 2.25. The number of aliphatic hydroxyl groups is 4. The first-order chi connectivity index (χ1) is 27.6. The van der Waals surface area contributed by atoms with Crippen molar-refractivity contribution in [3.05, 3.63) is 0 Å². The van der Waals surface area contributed by atoms with E-state index in [0.717, 1.165) is 0 Å². The minimum atomic E-state index is -1.85. The lowest BCUT2D eigenvalue weighted by atomic mass is 9.77. The third-order valence-electron chi connectivity index (χ3n) is 13.1. The van der Waals surface area contributed by atoms with E-state index >= 15 is 0 Å². The molecule has 350 valence electrons. The number of methoxy groups -OCH3 is 1. The Kier molecular flexibility index (Phi) is 18.4. The molecule has 0 spiro atoms. The summed E-state index contributed by atoms with van der Waals surface area (Å²) in [7, 11) is 6.97. The minimum absolute atomic E-state index is 0.0773. The van der Waals surface area contributed by atoms with Crippen LogP contribution in [0.5, 0.6) is 0 Å². The maximum absolute atomic E-state index is 14.4. The van der Waals surface area contributed by atoms with Crippen molar-refractivity contribution in [2.24, 2.45) is 17.8 Å². The van der Waals surface area contributed by atoms with Crippen LogP contribution in [-0.2, 0) is 52.3 Å². The van der Waals surface area contributed by atoms with E-state index in [4.69, 9.17) is 37.9 Å². The largest absolute Gasteiger partial charge is 0.459 e. The number of nitrogens with zero attached hydrogens (tertiary/aromatic N) is 2. The van der Waals surface area contributed by atoms with Gasteiger partial charge in [0.25, 0.3) is 0 Å². The average molecular weight is 863 g/mol. The predicted molar refractivity (Wildman–Crippen MR) is 219 cm³/mol. The molecule has 0 amide bonds. The zero-order valence-electron chi connectivity index (χ0n) is 38.9. The summed E-state index contributed by atoms with van der Waals surface area (Å²) in [6.45, 7) is 20.3. The number of ether oxygens (including phenoxy) is 8. The Morgan fingerprint density at radius 3 is 2.13 bits per heavy atom. The second-order valence-electron chi connectivity index (χ2n) is 18.8. The Labute approximate surface area is 357 Å². The Bertz CT molecular complexity index is 1420. The lowest BCUT2D eigenvalue weighted by molar-refractivity contribution is -0.319. The SMILES string of the molecule is CC[C@H]1OC(=O)[C@H](C)[C@@H](O[C@H]2C[C@@](C)(OC)[C@@H](O)[C@H](C)O2)[C@H](C)[C@@H](O[C@@H]2O[C@H](C)CC(N(C)C)[C@H]2OC(=O)C(C)OC(C)=O)[C@](C)(O)C[C@@H](C)CN(C)[C@H](C)[C@@H](O)[C@]1(C)O. The fraction of sp³-hybridized carbons (Fsp3) is 0.930. The molecule has 4 N–H and O–H groups in total. The van der Waals surface area contributed by atoms with Crippen LogP contribution in [0.15, 0.2) is 0 Å². The second-order valence-corrected chi connectivity index (χ2v) is 18.8. The molecule has 17 nitrogen and oxygen atoms in total. The fourth-order valence-electron chi connectivity index (χ4n) is 9.37. The number of hydrogen-bond donors (Lipinski definition) is 4. The highest BCUT2D eigenvalue weighted by Crippen LogP contribution is 2.40. The van der Waals surface area contributed by atoms with Crippen LogP contribution in [0.25, 0.3) is 0 Å². The van der Waals surface area contributed by atoms with Crippen molar-refractivity contribution in [3.8, 4) is 0 Å². The third kappa shape index (κ3) is 12.4. The molecule has 0 aromatic heterocycles. The monoisotopic (exact) mass is 863 g/mol. The van der Waals surface area contributed by atoms with E-state index in [1.54, 1.807) is 48.5 Å². The first kappa shape index (κ1) is 52.3. The first-order valence-corrected chi connectivity index (χ1v) is 21.5. The molecule has 17 heteroatoms. The molecule has 0 aliphatic carbocycles. The van der Waals surface area contributed by atoms with Gasteiger partial charge in [0.05, 0.1) is 47.6 Å². The maximum atomic E-state index is 14.4. The van der Waals surface area contributed by atoms with E-state index in [9.17, 15) is 34.8 Å². The Morgan fingerprint density at radius 2 is 1.58 bits per heavy atom. The highest BCUT2D eigenvalue weighted by atomic mass is 16.7. The van der Waals surface area contributed by atoms with Crippen LogP contribution < -0.4 is 0 Å². The third-order valence-corrected chi connectivity index (χ3v) is 13.1. The van der Waals surface area contributed by atoms with Gasteiger partial charge < -0.3 is 68.1 Å². The molecule has 19 atom stereocenters. The summed E-state index contributed by atoms with van der Waals surface area (Å²) in [4.78, 5) is 43.4. The summed E-state index contributed by atoms with van der Waals surface area (Å²) in [5, 5.41) is 47.2. The highest BCUT2D eigenvalue weighted by Gasteiger charge is 2.53. The van der Waals surface area contributed by atoms with E-state index in [1.165, 1.54) is 27.9 Å². The van der Waals surface area contributed by atoms with Crippen LogP contribution in [0.1, 0.15) is 109 Å². The van der Waals surface area contributed by atoms with Gasteiger partial charge in [-0.3, -0.25) is 9.59 Å². The molecule has 0 radical (unpaired) electrons. The minimum Gasteiger partial charge on any atom is -0.459 e. The van der Waals surface area contributed by atoms with E-state index in [0.29, 0.717) is 13.0 Å². The predicted octanol–water partition coefficient (Wildman–Crippen LogP) is 2.40. The molecule has 3 aliphatic heterocycles. The van der Waals surface area contributed by atoms with Gasteiger partial charge in [0.1, 0.15) is 23.9 Å². The summed E-state index contributed by atoms with van der Waals surface area (Å²) in [5.74, 6) is -4.39. The molecule has 3 fully saturated rings. The number of cyclic esters (lactones) is 1. The van der Waals surface area contributed by atoms with Crippen molar-refractivity contribution in [2.45, 2.75) is 205 Å². The fourth-order valence-corrected chi connectivity index (χ4v) is 9.37. The van der Waals surface area contributed by atoms with E-state index in [1.807, 2.05) is 44.8 Å².